The third-order valence-electron chi connectivity index (χ3n) is 2.61. The Morgan fingerprint density at radius 3 is 2.93 bits per heavy atom. The second-order valence-electron chi connectivity index (χ2n) is 3.76. The molecule has 0 saturated carbocycles. The standard InChI is InChI=1S/C10H13ClN2O/c1-7-5-13(6-9(7)14)10-8(11)3-2-4-12-10/h2-4,7,9,14H,5-6H2,1H3. The van der Waals surface area contributed by atoms with Crippen LogP contribution in [0.15, 0.2) is 18.3 Å². The van der Waals surface area contributed by atoms with Crippen molar-refractivity contribution in [3.8, 4) is 0 Å². The number of aromatic nitrogens is 1. The molecule has 0 amide bonds. The van der Waals surface area contributed by atoms with Gasteiger partial charge in [0.25, 0.3) is 0 Å². The number of hydrogen-bond donors (Lipinski definition) is 1. The number of pyridine rings is 1. The lowest BCUT2D eigenvalue weighted by Crippen LogP contribution is -2.22. The van der Waals surface area contributed by atoms with E-state index in [1.807, 2.05) is 24.0 Å². The van der Waals surface area contributed by atoms with E-state index >= 15 is 0 Å². The number of hydrogen-bond acceptors (Lipinski definition) is 3. The van der Waals surface area contributed by atoms with Crippen molar-refractivity contribution in [2.24, 2.45) is 5.92 Å². The van der Waals surface area contributed by atoms with Crippen LogP contribution < -0.4 is 4.90 Å². The van der Waals surface area contributed by atoms with Crippen LogP contribution in [0.1, 0.15) is 6.92 Å². The van der Waals surface area contributed by atoms with Gasteiger partial charge in [0.05, 0.1) is 11.1 Å². The van der Waals surface area contributed by atoms with Gasteiger partial charge >= 0.3 is 0 Å². The van der Waals surface area contributed by atoms with Gasteiger partial charge in [-0.3, -0.25) is 0 Å². The summed E-state index contributed by atoms with van der Waals surface area (Å²) in [5.41, 5.74) is 0. The summed E-state index contributed by atoms with van der Waals surface area (Å²) >= 11 is 6.01. The zero-order valence-corrected chi connectivity index (χ0v) is 8.78. The van der Waals surface area contributed by atoms with Crippen LogP contribution in [0.2, 0.25) is 5.02 Å². The third kappa shape index (κ3) is 1.70. The van der Waals surface area contributed by atoms with E-state index in [0.29, 0.717) is 11.6 Å². The normalized spacial score (nSPS) is 26.9. The van der Waals surface area contributed by atoms with Gasteiger partial charge in [-0.2, -0.15) is 0 Å². The van der Waals surface area contributed by atoms with Crippen LogP contribution >= 0.6 is 11.6 Å². The van der Waals surface area contributed by atoms with Gasteiger partial charge in [-0.15, -0.1) is 0 Å². The third-order valence-corrected chi connectivity index (χ3v) is 2.91. The highest BCUT2D eigenvalue weighted by Crippen LogP contribution is 2.27. The van der Waals surface area contributed by atoms with Crippen LogP contribution in [0.3, 0.4) is 0 Å². The number of aliphatic hydroxyl groups is 1. The van der Waals surface area contributed by atoms with Gasteiger partial charge in [0.15, 0.2) is 0 Å². The van der Waals surface area contributed by atoms with Crippen molar-refractivity contribution in [3.63, 3.8) is 0 Å². The SMILES string of the molecule is CC1CN(c2ncccc2Cl)CC1O. The molecule has 0 bridgehead atoms. The Morgan fingerprint density at radius 2 is 2.36 bits per heavy atom. The molecule has 76 valence electrons. The first-order valence-electron chi connectivity index (χ1n) is 4.72. The van der Waals surface area contributed by atoms with Gasteiger partial charge in [0, 0.05) is 25.2 Å². The van der Waals surface area contributed by atoms with Crippen molar-refractivity contribution >= 4 is 17.4 Å². The van der Waals surface area contributed by atoms with E-state index in [9.17, 15) is 5.11 Å². The molecular formula is C10H13ClN2O. The summed E-state index contributed by atoms with van der Waals surface area (Å²) in [6.07, 6.45) is 1.45. The molecule has 2 rings (SSSR count). The Hall–Kier alpha value is -0.800. The zero-order chi connectivity index (χ0) is 10.1. The Morgan fingerprint density at radius 1 is 1.57 bits per heavy atom. The first-order chi connectivity index (χ1) is 6.68. The average molecular weight is 213 g/mol. The van der Waals surface area contributed by atoms with Crippen LogP contribution in [0.5, 0.6) is 0 Å². The van der Waals surface area contributed by atoms with Gasteiger partial charge < -0.3 is 10.0 Å². The number of β-amino-alcohol motifs (C(OH)–C–C–N with tert-alkyl or cyclic N) is 1. The molecule has 0 aliphatic carbocycles. The summed E-state index contributed by atoms with van der Waals surface area (Å²) in [6.45, 7) is 3.47. The van der Waals surface area contributed by atoms with E-state index in [0.717, 1.165) is 12.4 Å². The van der Waals surface area contributed by atoms with Gasteiger partial charge in [-0.25, -0.2) is 4.98 Å². The summed E-state index contributed by atoms with van der Waals surface area (Å²) in [5.74, 6) is 1.06. The Labute approximate surface area is 88.3 Å². The Bertz CT molecular complexity index is 322. The quantitative estimate of drug-likeness (QED) is 0.768. The number of nitrogens with zero attached hydrogens (tertiary/aromatic N) is 2. The fourth-order valence-electron chi connectivity index (χ4n) is 1.73. The van der Waals surface area contributed by atoms with Crippen LogP contribution in [0.4, 0.5) is 5.82 Å². The maximum absolute atomic E-state index is 9.61. The molecule has 0 aromatic carbocycles. The molecule has 0 radical (unpaired) electrons. The van der Waals surface area contributed by atoms with Crippen molar-refractivity contribution in [2.45, 2.75) is 13.0 Å². The Balaban J connectivity index is 2.21. The van der Waals surface area contributed by atoms with Crippen molar-refractivity contribution in [1.82, 2.24) is 4.98 Å². The smallest absolute Gasteiger partial charge is 0.147 e. The molecule has 14 heavy (non-hydrogen) atoms. The molecule has 1 aliphatic rings. The van der Waals surface area contributed by atoms with Crippen molar-refractivity contribution in [3.05, 3.63) is 23.4 Å². The molecule has 2 atom stereocenters. The predicted molar refractivity (Wildman–Crippen MR) is 56.6 cm³/mol. The van der Waals surface area contributed by atoms with Crippen molar-refractivity contribution in [2.75, 3.05) is 18.0 Å². The highest BCUT2D eigenvalue weighted by Gasteiger charge is 2.29. The number of aliphatic hydroxyl groups excluding tert-OH is 1. The number of anilines is 1. The number of rotatable bonds is 1. The second kappa shape index (κ2) is 3.75. The highest BCUT2D eigenvalue weighted by molar-refractivity contribution is 6.32. The zero-order valence-electron chi connectivity index (χ0n) is 8.02. The lowest BCUT2D eigenvalue weighted by molar-refractivity contribution is 0.157. The van der Waals surface area contributed by atoms with Crippen molar-refractivity contribution in [1.29, 1.82) is 0 Å². The fraction of sp³-hybridized carbons (Fsp3) is 0.500. The molecule has 4 heteroatoms. The Kier molecular flexibility index (Phi) is 2.61. The van der Waals surface area contributed by atoms with Crippen LogP contribution in [-0.2, 0) is 0 Å². The van der Waals surface area contributed by atoms with E-state index in [4.69, 9.17) is 11.6 Å². The summed E-state index contributed by atoms with van der Waals surface area (Å²) in [6, 6.07) is 3.63. The fourth-order valence-corrected chi connectivity index (χ4v) is 1.97. The largest absolute Gasteiger partial charge is 0.391 e. The summed E-state index contributed by atoms with van der Waals surface area (Å²) in [7, 11) is 0. The summed E-state index contributed by atoms with van der Waals surface area (Å²) in [5, 5.41) is 10.3. The molecule has 3 nitrogen and oxygen atoms in total. The van der Waals surface area contributed by atoms with E-state index in [1.165, 1.54) is 0 Å². The number of halogens is 1. The molecule has 0 spiro atoms. The molecule has 1 aromatic rings. The lowest BCUT2D eigenvalue weighted by Gasteiger charge is -2.17. The molecule has 1 aromatic heterocycles. The molecule has 1 saturated heterocycles. The van der Waals surface area contributed by atoms with E-state index in [-0.39, 0.29) is 12.0 Å². The van der Waals surface area contributed by atoms with Crippen LogP contribution in [0, 0.1) is 5.92 Å². The minimum absolute atomic E-state index is 0.270. The highest BCUT2D eigenvalue weighted by atomic mass is 35.5. The van der Waals surface area contributed by atoms with Gasteiger partial charge in [-0.05, 0) is 12.1 Å². The molecular weight excluding hydrogens is 200 g/mol. The predicted octanol–water partition coefficient (Wildman–Crippen LogP) is 1.55. The van der Waals surface area contributed by atoms with Gasteiger partial charge in [0.2, 0.25) is 0 Å². The lowest BCUT2D eigenvalue weighted by atomic mass is 10.1. The summed E-state index contributed by atoms with van der Waals surface area (Å²) < 4.78 is 0. The average Bonchev–Trinajstić information content (AvgIpc) is 2.48. The maximum atomic E-state index is 9.61. The maximum Gasteiger partial charge on any atom is 0.147 e. The minimum atomic E-state index is -0.270. The van der Waals surface area contributed by atoms with E-state index in [1.54, 1.807) is 6.20 Å². The monoisotopic (exact) mass is 212 g/mol. The molecule has 1 N–H and O–H groups in total. The van der Waals surface area contributed by atoms with Gasteiger partial charge in [-0.1, -0.05) is 18.5 Å². The summed E-state index contributed by atoms with van der Waals surface area (Å²) in [4.78, 5) is 6.24. The second-order valence-corrected chi connectivity index (χ2v) is 4.17. The van der Waals surface area contributed by atoms with Gasteiger partial charge in [0.1, 0.15) is 5.82 Å². The first kappa shape index (κ1) is 9.74. The molecule has 2 heterocycles. The topological polar surface area (TPSA) is 36.4 Å². The van der Waals surface area contributed by atoms with E-state index in [2.05, 4.69) is 4.98 Å². The minimum Gasteiger partial charge on any atom is -0.391 e. The molecule has 1 fully saturated rings. The van der Waals surface area contributed by atoms with E-state index < -0.39 is 0 Å². The van der Waals surface area contributed by atoms with Crippen LogP contribution in [0.25, 0.3) is 0 Å². The van der Waals surface area contributed by atoms with Crippen molar-refractivity contribution < 1.29 is 5.11 Å². The van der Waals surface area contributed by atoms with Crippen LogP contribution in [-0.4, -0.2) is 29.3 Å². The molecule has 2 unspecified atom stereocenters. The molecule has 1 aliphatic heterocycles. The first-order valence-corrected chi connectivity index (χ1v) is 5.10.